The summed E-state index contributed by atoms with van der Waals surface area (Å²) >= 11 is 1.39. The van der Waals surface area contributed by atoms with Crippen molar-refractivity contribution in [3.63, 3.8) is 0 Å². The van der Waals surface area contributed by atoms with Gasteiger partial charge in [-0.1, -0.05) is 42.5 Å². The first-order valence-electron chi connectivity index (χ1n) is 7.86. The number of nitrogens with zero attached hydrogens (tertiary/aromatic N) is 5. The molecule has 2 aromatic carbocycles. The third-order valence-corrected chi connectivity index (χ3v) is 4.56. The van der Waals surface area contributed by atoms with E-state index in [4.69, 9.17) is 0 Å². The van der Waals surface area contributed by atoms with Crippen LogP contribution in [0.25, 0.3) is 22.6 Å². The van der Waals surface area contributed by atoms with Crippen LogP contribution in [0.1, 0.15) is 10.4 Å². The van der Waals surface area contributed by atoms with Gasteiger partial charge in [0.25, 0.3) is 5.91 Å². The zero-order valence-corrected chi connectivity index (χ0v) is 14.6. The molecule has 26 heavy (non-hydrogen) atoms. The summed E-state index contributed by atoms with van der Waals surface area (Å²) in [5, 5.41) is 16.7. The number of aromatic nitrogens is 5. The molecule has 0 radical (unpaired) electrons. The number of anilines is 1. The summed E-state index contributed by atoms with van der Waals surface area (Å²) in [7, 11) is 1.75. The Morgan fingerprint density at radius 1 is 1.08 bits per heavy atom. The van der Waals surface area contributed by atoms with Crippen molar-refractivity contribution < 1.29 is 4.79 Å². The first-order valence-corrected chi connectivity index (χ1v) is 8.74. The van der Waals surface area contributed by atoms with Gasteiger partial charge in [0.05, 0.1) is 5.69 Å². The Labute approximate surface area is 153 Å². The second-order valence-electron chi connectivity index (χ2n) is 5.56. The molecule has 0 aliphatic rings. The maximum absolute atomic E-state index is 12.6. The average Bonchev–Trinajstić information content (AvgIpc) is 3.31. The molecule has 4 aromatic rings. The summed E-state index contributed by atoms with van der Waals surface area (Å²) in [6, 6.07) is 17.0. The fourth-order valence-corrected chi connectivity index (χ4v) is 3.23. The van der Waals surface area contributed by atoms with Gasteiger partial charge in [0, 0.05) is 29.1 Å². The fourth-order valence-electron chi connectivity index (χ4n) is 2.52. The lowest BCUT2D eigenvalue weighted by Gasteiger charge is -2.04. The standard InChI is InChI=1S/C18H14N6OS/c1-24-16(21-22-23-24)13-8-5-9-14(10-13)17(25)20-18-19-15(11-26-18)12-6-3-2-4-7-12/h2-11H,1H3,(H,19,20,25). The van der Waals surface area contributed by atoms with E-state index in [-0.39, 0.29) is 5.91 Å². The number of rotatable bonds is 4. The maximum atomic E-state index is 12.6. The second-order valence-corrected chi connectivity index (χ2v) is 6.42. The minimum atomic E-state index is -0.226. The van der Waals surface area contributed by atoms with Gasteiger partial charge in [0.1, 0.15) is 0 Å². The highest BCUT2D eigenvalue weighted by Crippen LogP contribution is 2.25. The fraction of sp³-hybridized carbons (Fsp3) is 0.0556. The van der Waals surface area contributed by atoms with Crippen molar-refractivity contribution in [2.45, 2.75) is 0 Å². The predicted octanol–water partition coefficient (Wildman–Crippen LogP) is 3.25. The molecule has 128 valence electrons. The molecule has 1 N–H and O–H groups in total. The van der Waals surface area contributed by atoms with Crippen molar-refractivity contribution in [2.75, 3.05) is 5.32 Å². The van der Waals surface area contributed by atoms with Crippen LogP contribution in [0, 0.1) is 0 Å². The van der Waals surface area contributed by atoms with Crippen LogP contribution in [-0.4, -0.2) is 31.1 Å². The second kappa shape index (κ2) is 6.85. The first kappa shape index (κ1) is 16.1. The zero-order chi connectivity index (χ0) is 17.9. The van der Waals surface area contributed by atoms with Crippen molar-refractivity contribution in [1.82, 2.24) is 25.2 Å². The van der Waals surface area contributed by atoms with Crippen LogP contribution < -0.4 is 5.32 Å². The summed E-state index contributed by atoms with van der Waals surface area (Å²) in [6.45, 7) is 0. The number of amides is 1. The molecule has 2 heterocycles. The van der Waals surface area contributed by atoms with E-state index in [9.17, 15) is 4.79 Å². The van der Waals surface area contributed by atoms with E-state index < -0.39 is 0 Å². The number of hydrogen-bond donors (Lipinski definition) is 1. The molecule has 8 heteroatoms. The summed E-state index contributed by atoms with van der Waals surface area (Å²) in [4.78, 5) is 17.0. The first-order chi connectivity index (χ1) is 12.7. The number of aryl methyl sites for hydroxylation is 1. The van der Waals surface area contributed by atoms with Crippen molar-refractivity contribution in [3.05, 3.63) is 65.5 Å². The molecule has 0 saturated carbocycles. The van der Waals surface area contributed by atoms with E-state index in [2.05, 4.69) is 25.8 Å². The number of hydrogen-bond acceptors (Lipinski definition) is 6. The molecule has 0 unspecified atom stereocenters. The molecular weight excluding hydrogens is 348 g/mol. The normalized spacial score (nSPS) is 10.7. The maximum Gasteiger partial charge on any atom is 0.257 e. The van der Waals surface area contributed by atoms with Crippen LogP contribution in [0.3, 0.4) is 0 Å². The van der Waals surface area contributed by atoms with Crippen molar-refractivity contribution in [1.29, 1.82) is 0 Å². The Bertz CT molecular complexity index is 1060. The Balaban J connectivity index is 1.54. The molecule has 1 amide bonds. The molecule has 0 aliphatic carbocycles. The highest BCUT2D eigenvalue weighted by atomic mass is 32.1. The summed E-state index contributed by atoms with van der Waals surface area (Å²) in [5.41, 5.74) is 3.14. The van der Waals surface area contributed by atoms with Gasteiger partial charge in [0.15, 0.2) is 11.0 Å². The van der Waals surface area contributed by atoms with Gasteiger partial charge >= 0.3 is 0 Å². The number of thiazole rings is 1. The molecule has 0 bridgehead atoms. The molecule has 0 atom stereocenters. The molecule has 2 aromatic heterocycles. The molecule has 7 nitrogen and oxygen atoms in total. The SMILES string of the molecule is Cn1nnnc1-c1cccc(C(=O)Nc2nc(-c3ccccc3)cs2)c1. The van der Waals surface area contributed by atoms with E-state index in [1.807, 2.05) is 41.8 Å². The van der Waals surface area contributed by atoms with Gasteiger partial charge in [0.2, 0.25) is 0 Å². The third-order valence-electron chi connectivity index (χ3n) is 3.80. The topological polar surface area (TPSA) is 85.6 Å². The lowest BCUT2D eigenvalue weighted by Crippen LogP contribution is -2.11. The number of nitrogens with one attached hydrogen (secondary N) is 1. The van der Waals surface area contributed by atoms with Gasteiger partial charge < -0.3 is 0 Å². The molecule has 0 saturated heterocycles. The highest BCUT2D eigenvalue weighted by Gasteiger charge is 2.12. The van der Waals surface area contributed by atoms with Gasteiger partial charge in [-0.2, -0.15) is 0 Å². The highest BCUT2D eigenvalue weighted by molar-refractivity contribution is 7.14. The van der Waals surface area contributed by atoms with Crippen LogP contribution in [0.2, 0.25) is 0 Å². The number of carbonyl (C=O) groups excluding carboxylic acids is 1. The Kier molecular flexibility index (Phi) is 4.24. The van der Waals surface area contributed by atoms with Gasteiger partial charge in [-0.3, -0.25) is 10.1 Å². The largest absolute Gasteiger partial charge is 0.298 e. The minimum absolute atomic E-state index is 0.226. The monoisotopic (exact) mass is 362 g/mol. The van der Waals surface area contributed by atoms with E-state index in [0.29, 0.717) is 16.5 Å². The third kappa shape index (κ3) is 3.22. The van der Waals surface area contributed by atoms with Crippen LogP contribution in [0.4, 0.5) is 5.13 Å². The molecule has 0 aliphatic heterocycles. The van der Waals surface area contributed by atoms with Crippen LogP contribution >= 0.6 is 11.3 Å². The molecule has 0 spiro atoms. The number of benzene rings is 2. The van der Waals surface area contributed by atoms with E-state index >= 15 is 0 Å². The van der Waals surface area contributed by atoms with Crippen molar-refractivity contribution in [2.24, 2.45) is 7.05 Å². The van der Waals surface area contributed by atoms with Gasteiger partial charge in [-0.25, -0.2) is 9.67 Å². The van der Waals surface area contributed by atoms with Crippen LogP contribution in [0.5, 0.6) is 0 Å². The molecule has 4 rings (SSSR count). The minimum Gasteiger partial charge on any atom is -0.298 e. The molecule has 0 fully saturated rings. The van der Waals surface area contributed by atoms with Crippen molar-refractivity contribution in [3.8, 4) is 22.6 Å². The lowest BCUT2D eigenvalue weighted by atomic mass is 10.1. The Morgan fingerprint density at radius 2 is 1.88 bits per heavy atom. The smallest absolute Gasteiger partial charge is 0.257 e. The number of carbonyl (C=O) groups is 1. The molecular formula is C18H14N6OS. The van der Waals surface area contributed by atoms with Gasteiger partial charge in [-0.05, 0) is 22.6 Å². The summed E-state index contributed by atoms with van der Waals surface area (Å²) in [5.74, 6) is 0.371. The summed E-state index contributed by atoms with van der Waals surface area (Å²) < 4.78 is 1.56. The number of tetrazole rings is 1. The Hall–Kier alpha value is -3.39. The van der Waals surface area contributed by atoms with Crippen molar-refractivity contribution >= 4 is 22.4 Å². The van der Waals surface area contributed by atoms with E-state index in [1.54, 1.807) is 29.9 Å². The Morgan fingerprint density at radius 3 is 2.65 bits per heavy atom. The van der Waals surface area contributed by atoms with E-state index in [0.717, 1.165) is 16.8 Å². The average molecular weight is 362 g/mol. The quantitative estimate of drug-likeness (QED) is 0.602. The van der Waals surface area contributed by atoms with Crippen LogP contribution in [0.15, 0.2) is 60.0 Å². The summed E-state index contributed by atoms with van der Waals surface area (Å²) in [6.07, 6.45) is 0. The van der Waals surface area contributed by atoms with Gasteiger partial charge in [-0.15, -0.1) is 16.4 Å². The van der Waals surface area contributed by atoms with E-state index in [1.165, 1.54) is 11.3 Å². The predicted molar refractivity (Wildman–Crippen MR) is 99.7 cm³/mol. The van der Waals surface area contributed by atoms with Crippen LogP contribution in [-0.2, 0) is 7.05 Å². The lowest BCUT2D eigenvalue weighted by molar-refractivity contribution is 0.102. The zero-order valence-electron chi connectivity index (χ0n) is 13.8.